The van der Waals surface area contributed by atoms with Crippen molar-refractivity contribution in [2.24, 2.45) is 0 Å². The Hall–Kier alpha value is -2.08. The number of ether oxygens (including phenoxy) is 1. The van der Waals surface area contributed by atoms with Crippen molar-refractivity contribution in [3.63, 3.8) is 0 Å². The molecule has 0 aromatic heterocycles. The zero-order chi connectivity index (χ0) is 15.8. The zero-order valence-corrected chi connectivity index (χ0v) is 12.6. The average Bonchev–Trinajstić information content (AvgIpc) is 2.38. The zero-order valence-electron chi connectivity index (χ0n) is 11.8. The summed E-state index contributed by atoms with van der Waals surface area (Å²) in [6.45, 7) is 3.02. The second-order valence-corrected chi connectivity index (χ2v) is 5.08. The molecule has 0 radical (unpaired) electrons. The molecule has 6 nitrogen and oxygen atoms in total. The summed E-state index contributed by atoms with van der Waals surface area (Å²) < 4.78 is 4.78. The second kappa shape index (κ2) is 8.26. The van der Waals surface area contributed by atoms with Crippen LogP contribution in [0.4, 0.5) is 4.79 Å². The van der Waals surface area contributed by atoms with E-state index < -0.39 is 24.5 Å². The highest BCUT2D eigenvalue weighted by Crippen LogP contribution is 2.10. The predicted octanol–water partition coefficient (Wildman–Crippen LogP) is 1.66. The number of hydrogen-bond acceptors (Lipinski definition) is 4. The van der Waals surface area contributed by atoms with E-state index in [1.165, 1.54) is 0 Å². The molecular formula is C14H17ClN2O4. The fourth-order valence-electron chi connectivity index (χ4n) is 1.43. The topological polar surface area (TPSA) is 84.5 Å². The van der Waals surface area contributed by atoms with Gasteiger partial charge in [-0.15, -0.1) is 0 Å². The normalized spacial score (nSPS) is 10.1. The Morgan fingerprint density at radius 2 is 1.81 bits per heavy atom. The molecule has 0 unspecified atom stereocenters. The van der Waals surface area contributed by atoms with Crippen molar-refractivity contribution >= 4 is 29.5 Å². The maximum Gasteiger partial charge on any atom is 0.321 e. The first-order chi connectivity index (χ1) is 9.86. The number of carbonyl (C=O) groups excluding carboxylic acids is 3. The van der Waals surface area contributed by atoms with Gasteiger partial charge in [0.05, 0.1) is 6.42 Å². The molecule has 0 saturated carbocycles. The van der Waals surface area contributed by atoms with E-state index >= 15 is 0 Å². The highest BCUT2D eigenvalue weighted by Gasteiger charge is 2.11. The summed E-state index contributed by atoms with van der Waals surface area (Å²) in [5.74, 6) is -1.24. The summed E-state index contributed by atoms with van der Waals surface area (Å²) in [6.07, 6.45) is 0.0304. The summed E-state index contributed by atoms with van der Waals surface area (Å²) in [4.78, 5) is 34.1. The van der Waals surface area contributed by atoms with Gasteiger partial charge in [-0.1, -0.05) is 23.7 Å². The van der Waals surface area contributed by atoms with Crippen LogP contribution in [0, 0.1) is 0 Å². The lowest BCUT2D eigenvalue weighted by molar-refractivity contribution is -0.147. The SMILES string of the molecule is CC(C)NC(=O)NC(=O)COC(=O)Cc1ccc(Cl)cc1. The van der Waals surface area contributed by atoms with E-state index in [1.807, 2.05) is 0 Å². The van der Waals surface area contributed by atoms with Gasteiger partial charge in [0.1, 0.15) is 0 Å². The number of carbonyl (C=O) groups is 3. The van der Waals surface area contributed by atoms with E-state index in [0.717, 1.165) is 5.56 Å². The Kier molecular flexibility index (Phi) is 6.68. The molecule has 21 heavy (non-hydrogen) atoms. The summed E-state index contributed by atoms with van der Waals surface area (Å²) in [7, 11) is 0. The number of amides is 3. The largest absolute Gasteiger partial charge is 0.455 e. The Balaban J connectivity index is 2.31. The lowest BCUT2D eigenvalue weighted by atomic mass is 10.1. The minimum atomic E-state index is -0.683. The number of urea groups is 1. The molecule has 0 spiro atoms. The smallest absolute Gasteiger partial charge is 0.321 e. The molecule has 0 atom stereocenters. The molecule has 0 aliphatic heterocycles. The number of nitrogens with one attached hydrogen (secondary N) is 2. The Labute approximate surface area is 127 Å². The van der Waals surface area contributed by atoms with Crippen molar-refractivity contribution in [2.45, 2.75) is 26.3 Å². The fourth-order valence-corrected chi connectivity index (χ4v) is 1.55. The van der Waals surface area contributed by atoms with Gasteiger partial charge in [0.2, 0.25) is 0 Å². The molecule has 1 aromatic rings. The molecule has 2 N–H and O–H groups in total. The quantitative estimate of drug-likeness (QED) is 0.810. The summed E-state index contributed by atoms with van der Waals surface area (Å²) in [6, 6.07) is 5.99. The van der Waals surface area contributed by atoms with Gasteiger partial charge in [0.15, 0.2) is 6.61 Å². The van der Waals surface area contributed by atoms with Crippen molar-refractivity contribution in [2.75, 3.05) is 6.61 Å². The fraction of sp³-hybridized carbons (Fsp3) is 0.357. The molecule has 0 bridgehead atoms. The maximum absolute atomic E-state index is 11.5. The van der Waals surface area contributed by atoms with Crippen molar-refractivity contribution in [3.05, 3.63) is 34.9 Å². The number of hydrogen-bond donors (Lipinski definition) is 2. The number of imide groups is 1. The molecule has 0 aliphatic carbocycles. The molecule has 0 aliphatic rings. The van der Waals surface area contributed by atoms with Gasteiger partial charge in [-0.3, -0.25) is 14.9 Å². The molecule has 3 amide bonds. The van der Waals surface area contributed by atoms with Crippen LogP contribution in [0.15, 0.2) is 24.3 Å². The van der Waals surface area contributed by atoms with Crippen molar-refractivity contribution in [1.29, 1.82) is 0 Å². The van der Waals surface area contributed by atoms with E-state index in [2.05, 4.69) is 10.6 Å². The number of rotatable bonds is 5. The minimum absolute atomic E-state index is 0.0304. The minimum Gasteiger partial charge on any atom is -0.455 e. The number of benzene rings is 1. The molecule has 7 heteroatoms. The molecule has 0 saturated heterocycles. The second-order valence-electron chi connectivity index (χ2n) is 4.64. The molecular weight excluding hydrogens is 296 g/mol. The van der Waals surface area contributed by atoms with E-state index in [-0.39, 0.29) is 12.5 Å². The van der Waals surface area contributed by atoms with Gasteiger partial charge < -0.3 is 10.1 Å². The van der Waals surface area contributed by atoms with Gasteiger partial charge in [0.25, 0.3) is 5.91 Å². The highest BCUT2D eigenvalue weighted by molar-refractivity contribution is 6.30. The Morgan fingerprint density at radius 3 is 2.38 bits per heavy atom. The monoisotopic (exact) mass is 312 g/mol. The third-order valence-electron chi connectivity index (χ3n) is 2.30. The standard InChI is InChI=1S/C14H17ClN2O4/c1-9(2)16-14(20)17-12(18)8-21-13(19)7-10-3-5-11(15)6-4-10/h3-6,9H,7-8H2,1-2H3,(H2,16,17,18,20). The molecule has 114 valence electrons. The third kappa shape index (κ3) is 7.31. The first kappa shape index (κ1) is 17.0. The molecule has 0 fully saturated rings. The van der Waals surface area contributed by atoms with Crippen molar-refractivity contribution in [3.8, 4) is 0 Å². The van der Waals surface area contributed by atoms with Crippen LogP contribution in [0.3, 0.4) is 0 Å². The van der Waals surface area contributed by atoms with Gasteiger partial charge in [-0.25, -0.2) is 4.79 Å². The number of esters is 1. The van der Waals surface area contributed by atoms with Crippen molar-refractivity contribution in [1.82, 2.24) is 10.6 Å². The summed E-state index contributed by atoms with van der Waals surface area (Å²) in [5, 5.41) is 5.11. The van der Waals surface area contributed by atoms with Crippen LogP contribution in [-0.2, 0) is 20.7 Å². The summed E-state index contributed by atoms with van der Waals surface area (Å²) >= 11 is 5.73. The van der Waals surface area contributed by atoms with Crippen LogP contribution < -0.4 is 10.6 Å². The Morgan fingerprint density at radius 1 is 1.19 bits per heavy atom. The van der Waals surface area contributed by atoms with E-state index in [0.29, 0.717) is 5.02 Å². The predicted molar refractivity (Wildman–Crippen MR) is 77.9 cm³/mol. The maximum atomic E-state index is 11.5. The van der Waals surface area contributed by atoms with Crippen LogP contribution in [0.5, 0.6) is 0 Å². The lowest BCUT2D eigenvalue weighted by Gasteiger charge is -2.09. The van der Waals surface area contributed by atoms with Gasteiger partial charge >= 0.3 is 12.0 Å². The van der Waals surface area contributed by atoms with Crippen LogP contribution in [0.2, 0.25) is 5.02 Å². The van der Waals surface area contributed by atoms with Crippen LogP contribution in [-0.4, -0.2) is 30.6 Å². The first-order valence-electron chi connectivity index (χ1n) is 6.37. The molecule has 0 heterocycles. The van der Waals surface area contributed by atoms with Crippen molar-refractivity contribution < 1.29 is 19.1 Å². The molecule has 1 rings (SSSR count). The van der Waals surface area contributed by atoms with Gasteiger partial charge in [-0.05, 0) is 31.5 Å². The van der Waals surface area contributed by atoms with E-state index in [1.54, 1.807) is 38.1 Å². The van der Waals surface area contributed by atoms with Crippen LogP contribution in [0.1, 0.15) is 19.4 Å². The summed E-state index contributed by atoms with van der Waals surface area (Å²) in [5.41, 5.74) is 0.724. The van der Waals surface area contributed by atoms with Crippen LogP contribution >= 0.6 is 11.6 Å². The number of halogens is 1. The van der Waals surface area contributed by atoms with Crippen LogP contribution in [0.25, 0.3) is 0 Å². The van der Waals surface area contributed by atoms with Gasteiger partial charge in [-0.2, -0.15) is 0 Å². The third-order valence-corrected chi connectivity index (χ3v) is 2.55. The Bertz CT molecular complexity index is 514. The van der Waals surface area contributed by atoms with E-state index in [4.69, 9.17) is 16.3 Å². The van der Waals surface area contributed by atoms with Gasteiger partial charge in [0, 0.05) is 11.1 Å². The van der Waals surface area contributed by atoms with E-state index in [9.17, 15) is 14.4 Å². The highest BCUT2D eigenvalue weighted by atomic mass is 35.5. The lowest BCUT2D eigenvalue weighted by Crippen LogP contribution is -2.44. The first-order valence-corrected chi connectivity index (χ1v) is 6.75. The molecule has 1 aromatic carbocycles. The average molecular weight is 313 g/mol.